The number of ether oxygens (including phenoxy) is 1. The molecule has 3 aromatic rings. The second-order valence-corrected chi connectivity index (χ2v) is 5.82. The van der Waals surface area contributed by atoms with Gasteiger partial charge < -0.3 is 18.5 Å². The summed E-state index contributed by atoms with van der Waals surface area (Å²) in [5.74, 6) is 0.0419. The molecule has 0 fully saturated rings. The average Bonchev–Trinajstić information content (AvgIpc) is 3.35. The average molecular weight is 355 g/mol. The van der Waals surface area contributed by atoms with Gasteiger partial charge in [-0.05, 0) is 19.1 Å². The fraction of sp³-hybridized carbons (Fsp3) is 0.278. The van der Waals surface area contributed by atoms with Gasteiger partial charge in [-0.25, -0.2) is 4.79 Å². The van der Waals surface area contributed by atoms with Crippen LogP contribution >= 0.6 is 0 Å². The van der Waals surface area contributed by atoms with Gasteiger partial charge in [-0.1, -0.05) is 24.3 Å². The van der Waals surface area contributed by atoms with Crippen LogP contribution in [0.2, 0.25) is 0 Å². The van der Waals surface area contributed by atoms with E-state index in [4.69, 9.17) is 13.6 Å². The summed E-state index contributed by atoms with van der Waals surface area (Å²) in [6, 6.07) is 7.24. The molecule has 0 N–H and O–H groups in total. The minimum Gasteiger partial charge on any atom is -0.490 e. The first-order valence-electron chi connectivity index (χ1n) is 8.32. The molecule has 2 aromatic heterocycles. The Morgan fingerprint density at radius 3 is 2.85 bits per heavy atom. The van der Waals surface area contributed by atoms with Crippen molar-refractivity contribution in [2.75, 3.05) is 19.7 Å². The Morgan fingerprint density at radius 1 is 1.27 bits per heavy atom. The molecule has 0 radical (unpaired) electrons. The minimum atomic E-state index is -0.703. The van der Waals surface area contributed by atoms with Crippen molar-refractivity contribution in [1.29, 1.82) is 0 Å². The zero-order valence-electron chi connectivity index (χ0n) is 14.2. The molecule has 4 rings (SSSR count). The third kappa shape index (κ3) is 2.90. The maximum atomic E-state index is 12.2. The highest BCUT2D eigenvalue weighted by Crippen LogP contribution is 2.32. The van der Waals surface area contributed by atoms with E-state index in [1.807, 2.05) is 31.2 Å². The van der Waals surface area contributed by atoms with Gasteiger partial charge in [0.15, 0.2) is 17.1 Å². The fourth-order valence-corrected chi connectivity index (χ4v) is 2.83. The van der Waals surface area contributed by atoms with Crippen molar-refractivity contribution >= 4 is 16.9 Å². The van der Waals surface area contributed by atoms with Gasteiger partial charge in [-0.3, -0.25) is 4.79 Å². The van der Waals surface area contributed by atoms with Crippen LogP contribution in [0, 0.1) is 0 Å². The maximum Gasteiger partial charge on any atom is 0.437 e. The summed E-state index contributed by atoms with van der Waals surface area (Å²) in [5, 5.41) is 4.91. The molecule has 0 spiro atoms. The molecule has 0 saturated heterocycles. The lowest BCUT2D eigenvalue weighted by Gasteiger charge is -2.14. The monoisotopic (exact) mass is 355 g/mol. The summed E-state index contributed by atoms with van der Waals surface area (Å²) in [5.41, 5.74) is 0.556. The molecule has 8 nitrogen and oxygen atoms in total. The van der Waals surface area contributed by atoms with Crippen LogP contribution in [0.4, 0.5) is 0 Å². The highest BCUT2D eigenvalue weighted by atomic mass is 16.5. The highest BCUT2D eigenvalue weighted by Gasteiger charge is 2.20. The number of carbonyl (C=O) groups is 1. The van der Waals surface area contributed by atoms with Crippen LogP contribution in [-0.2, 0) is 11.3 Å². The molecule has 0 bridgehead atoms. The molecule has 0 aliphatic carbocycles. The van der Waals surface area contributed by atoms with Gasteiger partial charge >= 0.3 is 5.76 Å². The number of fused-ring (bicyclic) bond motifs is 1. The molecule has 1 aliphatic rings. The predicted octanol–water partition coefficient (Wildman–Crippen LogP) is 2.05. The molecular formula is C18H17N3O5. The molecule has 0 atom stereocenters. The standard InChI is InChI=1S/C18H17N3O5/c1-2-24-13-7-5-6-12-10-14(25-16(12)13)17-19-21(18(23)26-17)11-15(22)20-8-3-4-9-20/h3-7,10H,2,8-9,11H2,1H3. The Balaban J connectivity index is 1.62. The quantitative estimate of drug-likeness (QED) is 0.651. The molecule has 1 aliphatic heterocycles. The van der Waals surface area contributed by atoms with E-state index in [1.165, 1.54) is 0 Å². The Hall–Kier alpha value is -3.29. The molecule has 3 heterocycles. The van der Waals surface area contributed by atoms with Crippen LogP contribution in [-0.4, -0.2) is 40.3 Å². The summed E-state index contributed by atoms with van der Waals surface area (Å²) in [6.07, 6.45) is 3.80. The number of para-hydroxylation sites is 1. The van der Waals surface area contributed by atoms with E-state index < -0.39 is 5.76 Å². The van der Waals surface area contributed by atoms with Gasteiger partial charge in [0, 0.05) is 18.5 Å². The largest absolute Gasteiger partial charge is 0.490 e. The molecule has 0 unspecified atom stereocenters. The van der Waals surface area contributed by atoms with Crippen LogP contribution in [0.25, 0.3) is 22.6 Å². The van der Waals surface area contributed by atoms with E-state index >= 15 is 0 Å². The highest BCUT2D eigenvalue weighted by molar-refractivity contribution is 5.86. The summed E-state index contributed by atoms with van der Waals surface area (Å²) in [7, 11) is 0. The molecule has 0 saturated carbocycles. The third-order valence-corrected chi connectivity index (χ3v) is 4.08. The molecule has 134 valence electrons. The first-order valence-corrected chi connectivity index (χ1v) is 8.32. The van der Waals surface area contributed by atoms with E-state index in [9.17, 15) is 9.59 Å². The van der Waals surface area contributed by atoms with E-state index in [1.54, 1.807) is 17.0 Å². The minimum absolute atomic E-state index is 0.0287. The van der Waals surface area contributed by atoms with E-state index in [0.29, 0.717) is 36.8 Å². The van der Waals surface area contributed by atoms with Crippen molar-refractivity contribution in [2.45, 2.75) is 13.5 Å². The van der Waals surface area contributed by atoms with Crippen molar-refractivity contribution in [1.82, 2.24) is 14.7 Å². The number of rotatable bonds is 5. The molecule has 8 heteroatoms. The number of furan rings is 1. The Labute approximate surface area is 148 Å². The van der Waals surface area contributed by atoms with E-state index in [2.05, 4.69) is 5.10 Å². The van der Waals surface area contributed by atoms with Crippen LogP contribution in [0.3, 0.4) is 0 Å². The maximum absolute atomic E-state index is 12.2. The molecule has 26 heavy (non-hydrogen) atoms. The van der Waals surface area contributed by atoms with Crippen LogP contribution in [0.1, 0.15) is 6.92 Å². The lowest BCUT2D eigenvalue weighted by molar-refractivity contribution is -0.130. The van der Waals surface area contributed by atoms with Crippen molar-refractivity contribution in [2.24, 2.45) is 0 Å². The summed E-state index contributed by atoms with van der Waals surface area (Å²) >= 11 is 0. The van der Waals surface area contributed by atoms with Gasteiger partial charge in [-0.15, -0.1) is 5.10 Å². The van der Waals surface area contributed by atoms with Gasteiger partial charge in [-0.2, -0.15) is 4.68 Å². The van der Waals surface area contributed by atoms with Crippen LogP contribution in [0.5, 0.6) is 5.75 Å². The van der Waals surface area contributed by atoms with Crippen molar-refractivity contribution in [3.8, 4) is 17.4 Å². The number of aromatic nitrogens is 2. The molecule has 1 aromatic carbocycles. The number of nitrogens with zero attached hydrogens (tertiary/aromatic N) is 3. The van der Waals surface area contributed by atoms with Crippen LogP contribution in [0.15, 0.2) is 50.0 Å². The molecular weight excluding hydrogens is 338 g/mol. The number of hydrogen-bond acceptors (Lipinski definition) is 6. The van der Waals surface area contributed by atoms with Crippen molar-refractivity contribution in [3.63, 3.8) is 0 Å². The van der Waals surface area contributed by atoms with Crippen molar-refractivity contribution < 1.29 is 18.4 Å². The number of amides is 1. The Kier molecular flexibility index (Phi) is 4.08. The number of carbonyl (C=O) groups excluding carboxylic acids is 1. The summed E-state index contributed by atoms with van der Waals surface area (Å²) < 4.78 is 17.5. The normalized spacial score (nSPS) is 13.7. The van der Waals surface area contributed by atoms with Gasteiger partial charge in [0.05, 0.1) is 6.61 Å². The van der Waals surface area contributed by atoms with E-state index in [0.717, 1.165) is 10.1 Å². The predicted molar refractivity (Wildman–Crippen MR) is 92.9 cm³/mol. The number of hydrogen-bond donors (Lipinski definition) is 0. The lowest BCUT2D eigenvalue weighted by atomic mass is 10.2. The number of benzene rings is 1. The van der Waals surface area contributed by atoms with Gasteiger partial charge in [0.2, 0.25) is 5.91 Å². The topological polar surface area (TPSA) is 90.7 Å². The first kappa shape index (κ1) is 16.2. The van der Waals surface area contributed by atoms with Gasteiger partial charge in [0.1, 0.15) is 6.54 Å². The second-order valence-electron chi connectivity index (χ2n) is 5.82. The lowest BCUT2D eigenvalue weighted by Crippen LogP contribution is -2.34. The molecule has 1 amide bonds. The van der Waals surface area contributed by atoms with Crippen molar-refractivity contribution in [3.05, 3.63) is 47.0 Å². The van der Waals surface area contributed by atoms with E-state index in [-0.39, 0.29) is 18.3 Å². The zero-order chi connectivity index (χ0) is 18.1. The summed E-state index contributed by atoms with van der Waals surface area (Å²) in [6.45, 7) is 3.31. The SMILES string of the molecule is CCOc1cccc2cc(-c3nn(CC(=O)N4CC=CC4)c(=O)o3)oc12. The third-order valence-electron chi connectivity index (χ3n) is 4.08. The zero-order valence-corrected chi connectivity index (χ0v) is 14.2. The second kappa shape index (κ2) is 6.55. The fourth-order valence-electron chi connectivity index (χ4n) is 2.83. The Morgan fingerprint density at radius 2 is 2.08 bits per heavy atom. The Bertz CT molecular complexity index is 1030. The smallest absolute Gasteiger partial charge is 0.437 e. The van der Waals surface area contributed by atoms with Crippen LogP contribution < -0.4 is 10.5 Å². The first-order chi connectivity index (χ1) is 12.7. The van der Waals surface area contributed by atoms with Gasteiger partial charge in [0.25, 0.3) is 5.89 Å². The summed E-state index contributed by atoms with van der Waals surface area (Å²) in [4.78, 5) is 25.8.